The molecule has 1 aliphatic heterocycles. The van der Waals surface area contributed by atoms with Gasteiger partial charge >= 0.3 is 0 Å². The van der Waals surface area contributed by atoms with Gasteiger partial charge in [0.2, 0.25) is 5.91 Å². The molecule has 98 valence electrons. The number of carbonyl (C=O) groups is 1. The maximum atomic E-state index is 12.5. The monoisotopic (exact) mass is 259 g/mol. The molecule has 0 aromatic heterocycles. The standard InChI is InChI=1S/C13H22ClNO2/c1-12(2)10(13(12,3)4)11(16)15-5-6-17-9(7-14)8-15/h9-10H,5-8H2,1-4H3. The number of nitrogens with zero attached hydrogens (tertiary/aromatic N) is 1. The Hall–Kier alpha value is -0.280. The van der Waals surface area contributed by atoms with Gasteiger partial charge in [-0.15, -0.1) is 11.6 Å². The largest absolute Gasteiger partial charge is 0.373 e. The first-order chi connectivity index (χ1) is 7.82. The topological polar surface area (TPSA) is 29.5 Å². The van der Waals surface area contributed by atoms with E-state index in [1.165, 1.54) is 0 Å². The second kappa shape index (κ2) is 4.13. The van der Waals surface area contributed by atoms with Crippen LogP contribution >= 0.6 is 11.6 Å². The van der Waals surface area contributed by atoms with E-state index in [-0.39, 0.29) is 28.8 Å². The Bertz CT molecular complexity index is 313. The molecule has 1 saturated heterocycles. The molecule has 2 aliphatic rings. The van der Waals surface area contributed by atoms with Gasteiger partial charge in [0, 0.05) is 19.0 Å². The van der Waals surface area contributed by atoms with Gasteiger partial charge in [-0.25, -0.2) is 0 Å². The van der Waals surface area contributed by atoms with Gasteiger partial charge in [0.15, 0.2) is 0 Å². The minimum absolute atomic E-state index is 0.000610. The molecule has 4 heteroatoms. The highest BCUT2D eigenvalue weighted by Gasteiger charge is 2.68. The van der Waals surface area contributed by atoms with Gasteiger partial charge in [-0.1, -0.05) is 27.7 Å². The van der Waals surface area contributed by atoms with Crippen LogP contribution in [0.25, 0.3) is 0 Å². The zero-order valence-corrected chi connectivity index (χ0v) is 11.9. The van der Waals surface area contributed by atoms with Gasteiger partial charge in [0.05, 0.1) is 18.6 Å². The van der Waals surface area contributed by atoms with E-state index in [0.717, 1.165) is 0 Å². The highest BCUT2D eigenvalue weighted by atomic mass is 35.5. The number of hydrogen-bond acceptors (Lipinski definition) is 2. The quantitative estimate of drug-likeness (QED) is 0.711. The molecular weight excluding hydrogens is 238 g/mol. The molecule has 2 fully saturated rings. The van der Waals surface area contributed by atoms with Crippen molar-refractivity contribution in [3.8, 4) is 0 Å². The first-order valence-electron chi connectivity index (χ1n) is 6.28. The SMILES string of the molecule is CC1(C)C(C(=O)N2CCOC(CCl)C2)C1(C)C. The van der Waals surface area contributed by atoms with Crippen molar-refractivity contribution in [1.29, 1.82) is 0 Å². The van der Waals surface area contributed by atoms with Crippen LogP contribution in [0.3, 0.4) is 0 Å². The number of amides is 1. The molecule has 1 heterocycles. The van der Waals surface area contributed by atoms with Crippen molar-refractivity contribution in [2.75, 3.05) is 25.6 Å². The summed E-state index contributed by atoms with van der Waals surface area (Å²) in [6, 6.07) is 0. The van der Waals surface area contributed by atoms with E-state index < -0.39 is 0 Å². The molecule has 0 radical (unpaired) electrons. The summed E-state index contributed by atoms with van der Waals surface area (Å²) >= 11 is 5.79. The maximum Gasteiger partial charge on any atom is 0.226 e. The third kappa shape index (κ3) is 1.97. The number of halogens is 1. The highest BCUT2D eigenvalue weighted by Crippen LogP contribution is 2.68. The van der Waals surface area contributed by atoms with Crippen molar-refractivity contribution in [3.63, 3.8) is 0 Å². The van der Waals surface area contributed by atoms with Crippen LogP contribution in [-0.4, -0.2) is 42.5 Å². The lowest BCUT2D eigenvalue weighted by Crippen LogP contribution is -2.47. The van der Waals surface area contributed by atoms with Gasteiger partial charge in [-0.05, 0) is 10.8 Å². The smallest absolute Gasteiger partial charge is 0.226 e. The Balaban J connectivity index is 2.02. The van der Waals surface area contributed by atoms with Crippen LogP contribution in [0.5, 0.6) is 0 Å². The van der Waals surface area contributed by atoms with Crippen LogP contribution in [0.1, 0.15) is 27.7 Å². The number of ether oxygens (including phenoxy) is 1. The lowest BCUT2D eigenvalue weighted by molar-refractivity contribution is -0.140. The second-order valence-electron chi connectivity index (χ2n) is 6.31. The van der Waals surface area contributed by atoms with E-state index in [1.807, 2.05) is 4.90 Å². The van der Waals surface area contributed by atoms with Crippen molar-refractivity contribution in [2.45, 2.75) is 33.8 Å². The van der Waals surface area contributed by atoms with Crippen molar-refractivity contribution in [2.24, 2.45) is 16.7 Å². The van der Waals surface area contributed by atoms with E-state index >= 15 is 0 Å². The van der Waals surface area contributed by atoms with Crippen molar-refractivity contribution in [1.82, 2.24) is 4.90 Å². The molecule has 0 bridgehead atoms. The molecule has 1 saturated carbocycles. The first-order valence-corrected chi connectivity index (χ1v) is 6.82. The molecule has 1 unspecified atom stereocenters. The van der Waals surface area contributed by atoms with Gasteiger partial charge in [0.25, 0.3) is 0 Å². The highest BCUT2D eigenvalue weighted by molar-refractivity contribution is 6.18. The van der Waals surface area contributed by atoms with Crippen LogP contribution in [-0.2, 0) is 9.53 Å². The molecule has 2 rings (SSSR count). The average Bonchev–Trinajstić information content (AvgIpc) is 2.69. The molecule has 1 aliphatic carbocycles. The normalized spacial score (nSPS) is 31.4. The number of morpholine rings is 1. The van der Waals surface area contributed by atoms with Crippen LogP contribution < -0.4 is 0 Å². The molecule has 0 N–H and O–H groups in total. The zero-order valence-electron chi connectivity index (χ0n) is 11.1. The summed E-state index contributed by atoms with van der Waals surface area (Å²) in [7, 11) is 0. The summed E-state index contributed by atoms with van der Waals surface area (Å²) in [4.78, 5) is 14.4. The second-order valence-corrected chi connectivity index (χ2v) is 6.62. The van der Waals surface area contributed by atoms with E-state index in [9.17, 15) is 4.79 Å². The lowest BCUT2D eigenvalue weighted by Gasteiger charge is -2.32. The Morgan fingerprint density at radius 1 is 1.35 bits per heavy atom. The summed E-state index contributed by atoms with van der Waals surface area (Å²) in [6.07, 6.45) is -0.000610. The summed E-state index contributed by atoms with van der Waals surface area (Å²) in [5, 5.41) is 0. The van der Waals surface area contributed by atoms with Crippen LogP contribution in [0.4, 0.5) is 0 Å². The minimum atomic E-state index is -0.000610. The maximum absolute atomic E-state index is 12.5. The summed E-state index contributed by atoms with van der Waals surface area (Å²) in [5.41, 5.74) is 0.220. The van der Waals surface area contributed by atoms with Crippen LogP contribution in [0.2, 0.25) is 0 Å². The van der Waals surface area contributed by atoms with Gasteiger partial charge in [-0.3, -0.25) is 4.79 Å². The Morgan fingerprint density at radius 3 is 2.41 bits per heavy atom. The van der Waals surface area contributed by atoms with Crippen molar-refractivity contribution >= 4 is 17.5 Å². The molecule has 1 atom stereocenters. The van der Waals surface area contributed by atoms with Gasteiger partial charge in [0.1, 0.15) is 0 Å². The fraction of sp³-hybridized carbons (Fsp3) is 0.923. The molecule has 0 spiro atoms. The number of rotatable bonds is 2. The van der Waals surface area contributed by atoms with Crippen LogP contribution in [0.15, 0.2) is 0 Å². The predicted molar refractivity (Wildman–Crippen MR) is 68.1 cm³/mol. The summed E-state index contributed by atoms with van der Waals surface area (Å²) in [6.45, 7) is 10.7. The number of hydrogen-bond donors (Lipinski definition) is 0. The van der Waals surface area contributed by atoms with Crippen molar-refractivity contribution < 1.29 is 9.53 Å². The Labute approximate surface area is 108 Å². The minimum Gasteiger partial charge on any atom is -0.373 e. The Morgan fingerprint density at radius 2 is 1.94 bits per heavy atom. The third-order valence-corrected chi connectivity index (χ3v) is 5.23. The molecular formula is C13H22ClNO2. The van der Waals surface area contributed by atoms with E-state index in [1.54, 1.807) is 0 Å². The number of carbonyl (C=O) groups excluding carboxylic acids is 1. The van der Waals surface area contributed by atoms with Gasteiger partial charge in [-0.2, -0.15) is 0 Å². The molecule has 0 aromatic rings. The molecule has 3 nitrogen and oxygen atoms in total. The van der Waals surface area contributed by atoms with Crippen molar-refractivity contribution in [3.05, 3.63) is 0 Å². The number of alkyl halides is 1. The molecule has 0 aromatic carbocycles. The fourth-order valence-electron chi connectivity index (χ4n) is 3.01. The van der Waals surface area contributed by atoms with E-state index in [4.69, 9.17) is 16.3 Å². The Kier molecular flexibility index (Phi) is 3.20. The molecule has 17 heavy (non-hydrogen) atoms. The fourth-order valence-corrected chi connectivity index (χ4v) is 3.20. The zero-order chi connectivity index (χ0) is 12.8. The summed E-state index contributed by atoms with van der Waals surface area (Å²) < 4.78 is 5.49. The first kappa shape index (κ1) is 13.2. The predicted octanol–water partition coefficient (Wildman–Crippen LogP) is 2.13. The average molecular weight is 260 g/mol. The van der Waals surface area contributed by atoms with E-state index in [0.29, 0.717) is 25.6 Å². The molecule has 1 amide bonds. The third-order valence-electron chi connectivity index (χ3n) is 4.89. The van der Waals surface area contributed by atoms with Crippen LogP contribution in [0, 0.1) is 16.7 Å². The van der Waals surface area contributed by atoms with E-state index in [2.05, 4.69) is 27.7 Å². The summed E-state index contributed by atoms with van der Waals surface area (Å²) in [5.74, 6) is 0.879. The van der Waals surface area contributed by atoms with Gasteiger partial charge < -0.3 is 9.64 Å². The lowest BCUT2D eigenvalue weighted by atomic mass is 10.0.